The van der Waals surface area contributed by atoms with Crippen LogP contribution in [-0.2, 0) is 9.53 Å². The van der Waals surface area contributed by atoms with E-state index in [2.05, 4.69) is 11.8 Å². The van der Waals surface area contributed by atoms with E-state index in [0.29, 0.717) is 12.6 Å². The third-order valence-corrected chi connectivity index (χ3v) is 4.04. The van der Waals surface area contributed by atoms with Gasteiger partial charge in [0.25, 0.3) is 0 Å². The molecule has 0 radical (unpaired) electrons. The summed E-state index contributed by atoms with van der Waals surface area (Å²) in [5.41, 5.74) is 0. The fraction of sp³-hybridized carbons (Fsp3) is 0.929. The minimum Gasteiger partial charge on any atom is -0.392 e. The van der Waals surface area contributed by atoms with Crippen LogP contribution in [0, 0.1) is 0 Å². The van der Waals surface area contributed by atoms with E-state index < -0.39 is 0 Å². The summed E-state index contributed by atoms with van der Waals surface area (Å²) in [6.07, 6.45) is 4.07. The number of carbonyl (C=O) groups excluding carboxylic acids is 1. The second-order valence-corrected chi connectivity index (χ2v) is 5.65. The highest BCUT2D eigenvalue weighted by Crippen LogP contribution is 2.20. The molecule has 2 heterocycles. The molecule has 5 nitrogen and oxygen atoms in total. The second kappa shape index (κ2) is 7.22. The largest absolute Gasteiger partial charge is 0.392 e. The Morgan fingerprint density at radius 3 is 2.74 bits per heavy atom. The lowest BCUT2D eigenvalue weighted by Crippen LogP contribution is -2.61. The summed E-state index contributed by atoms with van der Waals surface area (Å²) in [5.74, 6) is 0.104. The Morgan fingerprint density at radius 2 is 2.11 bits per heavy atom. The standard InChI is InChI=1S/C14H26N2O3/c1-2-3-4-7-19-11-14(18)16-8-12(9-16)15-6-5-13(17)10-15/h12-13,17H,2-11H2,1H3. The van der Waals surface area contributed by atoms with E-state index in [-0.39, 0.29) is 18.6 Å². The van der Waals surface area contributed by atoms with Crippen molar-refractivity contribution in [1.29, 1.82) is 0 Å². The van der Waals surface area contributed by atoms with Crippen LogP contribution in [0.4, 0.5) is 0 Å². The van der Waals surface area contributed by atoms with E-state index in [1.807, 2.05) is 4.90 Å². The quantitative estimate of drug-likeness (QED) is 0.683. The van der Waals surface area contributed by atoms with E-state index in [4.69, 9.17) is 4.74 Å². The zero-order valence-corrected chi connectivity index (χ0v) is 11.9. The highest BCUT2D eigenvalue weighted by molar-refractivity contribution is 5.78. The van der Waals surface area contributed by atoms with Gasteiger partial charge in [-0.05, 0) is 12.8 Å². The van der Waals surface area contributed by atoms with Gasteiger partial charge in [-0.15, -0.1) is 0 Å². The lowest BCUT2D eigenvalue weighted by molar-refractivity contribution is -0.143. The fourth-order valence-corrected chi connectivity index (χ4v) is 2.69. The van der Waals surface area contributed by atoms with Gasteiger partial charge in [-0.25, -0.2) is 0 Å². The van der Waals surface area contributed by atoms with E-state index in [1.54, 1.807) is 0 Å². The number of rotatable bonds is 7. The number of hydrogen-bond donors (Lipinski definition) is 1. The van der Waals surface area contributed by atoms with Gasteiger partial charge in [-0.2, -0.15) is 0 Å². The summed E-state index contributed by atoms with van der Waals surface area (Å²) in [4.78, 5) is 16.0. The Labute approximate surface area is 115 Å². The molecule has 2 aliphatic heterocycles. The maximum atomic E-state index is 11.8. The van der Waals surface area contributed by atoms with Crippen LogP contribution in [0.2, 0.25) is 0 Å². The van der Waals surface area contributed by atoms with Crippen molar-refractivity contribution in [2.45, 2.75) is 44.8 Å². The lowest BCUT2D eigenvalue weighted by atomic mass is 10.1. The summed E-state index contributed by atoms with van der Waals surface area (Å²) in [5, 5.41) is 9.49. The van der Waals surface area contributed by atoms with Crippen molar-refractivity contribution in [1.82, 2.24) is 9.80 Å². The molecule has 110 valence electrons. The number of hydrogen-bond acceptors (Lipinski definition) is 4. The van der Waals surface area contributed by atoms with Crippen molar-refractivity contribution in [3.05, 3.63) is 0 Å². The fourth-order valence-electron chi connectivity index (χ4n) is 2.69. The van der Waals surface area contributed by atoms with Gasteiger partial charge in [-0.1, -0.05) is 19.8 Å². The van der Waals surface area contributed by atoms with E-state index >= 15 is 0 Å². The van der Waals surface area contributed by atoms with Gasteiger partial charge in [0.05, 0.1) is 6.10 Å². The monoisotopic (exact) mass is 270 g/mol. The van der Waals surface area contributed by atoms with Gasteiger partial charge in [0.1, 0.15) is 6.61 Å². The van der Waals surface area contributed by atoms with Gasteiger partial charge in [0.2, 0.25) is 5.91 Å². The van der Waals surface area contributed by atoms with Crippen LogP contribution in [0.3, 0.4) is 0 Å². The molecule has 0 aliphatic carbocycles. The highest BCUT2D eigenvalue weighted by atomic mass is 16.5. The second-order valence-electron chi connectivity index (χ2n) is 5.65. The molecular formula is C14H26N2O3. The SMILES string of the molecule is CCCCCOCC(=O)N1CC(N2CCC(O)C2)C1. The zero-order valence-electron chi connectivity index (χ0n) is 11.9. The maximum absolute atomic E-state index is 11.8. The number of carbonyl (C=O) groups is 1. The smallest absolute Gasteiger partial charge is 0.248 e. The van der Waals surface area contributed by atoms with Crippen LogP contribution >= 0.6 is 0 Å². The molecule has 2 aliphatic rings. The predicted molar refractivity (Wildman–Crippen MR) is 72.9 cm³/mol. The van der Waals surface area contributed by atoms with Gasteiger partial charge in [0, 0.05) is 38.8 Å². The number of aliphatic hydroxyl groups excluding tert-OH is 1. The molecule has 1 N–H and O–H groups in total. The lowest BCUT2D eigenvalue weighted by Gasteiger charge is -2.44. The molecule has 0 spiro atoms. The van der Waals surface area contributed by atoms with Gasteiger partial charge >= 0.3 is 0 Å². The summed E-state index contributed by atoms with van der Waals surface area (Å²) in [6, 6.07) is 0.446. The van der Waals surface area contributed by atoms with Gasteiger partial charge in [0.15, 0.2) is 0 Å². The Balaban J connectivity index is 1.54. The number of β-amino-alcohol motifs (C(OH)–C–C–N with tert-alkyl or cyclic N) is 1. The first-order valence-electron chi connectivity index (χ1n) is 7.48. The van der Waals surface area contributed by atoms with Gasteiger partial charge < -0.3 is 14.7 Å². The molecule has 0 aromatic carbocycles. The molecule has 1 atom stereocenters. The van der Waals surface area contributed by atoms with E-state index in [1.165, 1.54) is 6.42 Å². The van der Waals surface area contributed by atoms with Crippen LogP contribution in [-0.4, -0.2) is 72.4 Å². The molecule has 0 bridgehead atoms. The Bertz CT molecular complexity index is 292. The molecule has 5 heteroatoms. The normalized spacial score (nSPS) is 24.7. The average Bonchev–Trinajstić information content (AvgIpc) is 2.73. The highest BCUT2D eigenvalue weighted by Gasteiger charge is 2.37. The molecule has 2 saturated heterocycles. The Morgan fingerprint density at radius 1 is 1.32 bits per heavy atom. The summed E-state index contributed by atoms with van der Waals surface area (Å²) in [6.45, 7) is 6.38. The van der Waals surface area contributed by atoms with Crippen molar-refractivity contribution in [2.75, 3.05) is 39.4 Å². The first kappa shape index (κ1) is 14.8. The zero-order chi connectivity index (χ0) is 13.7. The summed E-state index contributed by atoms with van der Waals surface area (Å²) < 4.78 is 5.39. The number of aliphatic hydroxyl groups is 1. The number of likely N-dealkylation sites (tertiary alicyclic amines) is 2. The third-order valence-electron chi connectivity index (χ3n) is 4.04. The van der Waals surface area contributed by atoms with Gasteiger partial charge in [-0.3, -0.25) is 9.69 Å². The molecule has 0 aromatic heterocycles. The summed E-state index contributed by atoms with van der Waals surface area (Å²) >= 11 is 0. The number of nitrogens with zero attached hydrogens (tertiary/aromatic N) is 2. The van der Waals surface area contributed by atoms with Crippen LogP contribution in [0.15, 0.2) is 0 Å². The molecule has 1 amide bonds. The molecule has 2 rings (SSSR count). The van der Waals surface area contributed by atoms with Crippen molar-refractivity contribution in [2.24, 2.45) is 0 Å². The molecule has 1 unspecified atom stereocenters. The van der Waals surface area contributed by atoms with Crippen molar-refractivity contribution < 1.29 is 14.6 Å². The number of amides is 1. The van der Waals surface area contributed by atoms with Crippen LogP contribution < -0.4 is 0 Å². The number of ether oxygens (including phenoxy) is 1. The molecule has 19 heavy (non-hydrogen) atoms. The average molecular weight is 270 g/mol. The first-order chi connectivity index (χ1) is 9.20. The minimum atomic E-state index is -0.174. The predicted octanol–water partition coefficient (Wildman–Crippen LogP) is 0.471. The Kier molecular flexibility index (Phi) is 5.60. The van der Waals surface area contributed by atoms with Crippen molar-refractivity contribution in [3.63, 3.8) is 0 Å². The van der Waals surface area contributed by atoms with Crippen LogP contribution in [0.1, 0.15) is 32.6 Å². The number of unbranched alkanes of at least 4 members (excludes halogenated alkanes) is 2. The summed E-state index contributed by atoms with van der Waals surface area (Å²) in [7, 11) is 0. The van der Waals surface area contributed by atoms with E-state index in [0.717, 1.165) is 45.4 Å². The molecular weight excluding hydrogens is 244 g/mol. The van der Waals surface area contributed by atoms with Crippen LogP contribution in [0.25, 0.3) is 0 Å². The van der Waals surface area contributed by atoms with Crippen molar-refractivity contribution in [3.8, 4) is 0 Å². The molecule has 2 fully saturated rings. The Hall–Kier alpha value is -0.650. The topological polar surface area (TPSA) is 53.0 Å². The first-order valence-corrected chi connectivity index (χ1v) is 7.48. The third kappa shape index (κ3) is 4.16. The maximum Gasteiger partial charge on any atom is 0.248 e. The van der Waals surface area contributed by atoms with E-state index in [9.17, 15) is 9.90 Å². The minimum absolute atomic E-state index is 0.104. The molecule has 0 saturated carbocycles. The molecule has 0 aromatic rings. The van der Waals surface area contributed by atoms with Crippen LogP contribution in [0.5, 0.6) is 0 Å². The van der Waals surface area contributed by atoms with Crippen molar-refractivity contribution >= 4 is 5.91 Å².